The monoisotopic (exact) mass is 1210 g/mol. The van der Waals surface area contributed by atoms with Gasteiger partial charge in [0.25, 0.3) is 0 Å². The van der Waals surface area contributed by atoms with Gasteiger partial charge in [0.1, 0.15) is 5.82 Å². The van der Waals surface area contributed by atoms with Crippen molar-refractivity contribution in [1.29, 1.82) is 0 Å². The molecular formula is C74H122N14. The molecule has 0 atom stereocenters. The second-order valence-corrected chi connectivity index (χ2v) is 29.9. The van der Waals surface area contributed by atoms with Crippen molar-refractivity contribution in [3.05, 3.63) is 143 Å². The van der Waals surface area contributed by atoms with Crippen LogP contribution in [0.15, 0.2) is 104 Å². The molecule has 14 nitrogen and oxygen atoms in total. The lowest BCUT2D eigenvalue weighted by atomic mass is 9.88. The van der Waals surface area contributed by atoms with E-state index in [4.69, 9.17) is 0 Å². The van der Waals surface area contributed by atoms with Gasteiger partial charge in [0.05, 0.1) is 30.7 Å². The first-order valence-corrected chi connectivity index (χ1v) is 33.9. The number of likely N-dealkylation sites (tertiary alicyclic amines) is 2. The van der Waals surface area contributed by atoms with Gasteiger partial charge in [-0.2, -0.15) is 15.3 Å². The molecule has 0 unspecified atom stereocenters. The molecule has 5 aliphatic rings. The maximum Gasteiger partial charge on any atom is 0.128 e. The summed E-state index contributed by atoms with van der Waals surface area (Å²) in [4.78, 5) is 16.5. The highest BCUT2D eigenvalue weighted by Gasteiger charge is 2.24. The number of aromatic nitrogens is 7. The van der Waals surface area contributed by atoms with Gasteiger partial charge in [0.15, 0.2) is 0 Å². The Bertz CT molecular complexity index is 2770. The van der Waals surface area contributed by atoms with Crippen LogP contribution in [0.4, 0.5) is 11.5 Å². The summed E-state index contributed by atoms with van der Waals surface area (Å²) in [6.45, 7) is 49.4. The summed E-state index contributed by atoms with van der Waals surface area (Å²) in [5.41, 5.74) is 11.8. The fraction of sp³-hybridized carbons (Fsp3) is 0.649. The molecule has 14 heteroatoms. The molecule has 5 fully saturated rings. The van der Waals surface area contributed by atoms with E-state index in [9.17, 15) is 0 Å². The lowest BCUT2D eigenvalue weighted by Crippen LogP contribution is -2.44. The van der Waals surface area contributed by atoms with Crippen LogP contribution in [0.25, 0.3) is 0 Å². The van der Waals surface area contributed by atoms with E-state index in [0.717, 1.165) is 64.1 Å². The van der Waals surface area contributed by atoms with Crippen LogP contribution in [-0.4, -0.2) is 162 Å². The summed E-state index contributed by atoms with van der Waals surface area (Å²) in [7, 11) is 8.55. The first-order chi connectivity index (χ1) is 41.6. The lowest BCUT2D eigenvalue weighted by molar-refractivity contribution is 0.212. The van der Waals surface area contributed by atoms with Gasteiger partial charge < -0.3 is 35.1 Å². The van der Waals surface area contributed by atoms with Crippen molar-refractivity contribution < 1.29 is 0 Å². The van der Waals surface area contributed by atoms with Crippen LogP contribution in [0.2, 0.25) is 0 Å². The van der Waals surface area contributed by atoms with Gasteiger partial charge >= 0.3 is 0 Å². The fourth-order valence-corrected chi connectivity index (χ4v) is 11.5. The van der Waals surface area contributed by atoms with Crippen molar-refractivity contribution in [1.82, 2.24) is 59.7 Å². The van der Waals surface area contributed by atoms with E-state index in [2.05, 4.69) is 269 Å². The highest BCUT2D eigenvalue weighted by molar-refractivity contribution is 5.48. The van der Waals surface area contributed by atoms with Gasteiger partial charge in [0.2, 0.25) is 0 Å². The number of piperidine rings is 3. The predicted octanol–water partition coefficient (Wildman–Crippen LogP) is 14.1. The predicted molar refractivity (Wildman–Crippen MR) is 374 cm³/mol. The lowest BCUT2D eigenvalue weighted by Gasteiger charge is -2.34. The number of pyridine rings is 1. The Morgan fingerprint density at radius 2 is 0.841 bits per heavy atom. The highest BCUT2D eigenvalue weighted by atomic mass is 15.3. The Morgan fingerprint density at radius 3 is 1.27 bits per heavy atom. The minimum Gasteiger partial charge on any atom is -0.369 e. The number of aryl methyl sites for hydroxylation is 1. The Labute approximate surface area is 535 Å². The number of nitrogens with one attached hydrogen (secondary N) is 2. The summed E-state index contributed by atoms with van der Waals surface area (Å²) in [5.74, 6) is 3.77. The second kappa shape index (κ2) is 34.2. The van der Waals surface area contributed by atoms with Gasteiger partial charge in [-0.1, -0.05) is 140 Å². The molecule has 488 valence electrons. The molecule has 6 aromatic rings. The molecule has 0 radical (unpaired) electrons. The number of piperazine rings is 2. The van der Waals surface area contributed by atoms with Crippen molar-refractivity contribution in [3.63, 3.8) is 0 Å². The number of likely N-dealkylation sites (N-methyl/N-ethyl adjacent to an activating group) is 1. The highest BCUT2D eigenvalue weighted by Crippen LogP contribution is 2.31. The summed E-state index contributed by atoms with van der Waals surface area (Å²) in [6.07, 6.45) is 21.9. The SMILES string of the molecule is CC(C)(C)c1cnn(C2CCNCC2)c1.CC(C)c1ccc(C2CCN(C)CC2)cc1.CC(C)c1ccc(N2CCN(C)CC2)cc1.CC(C)c1ccnc(N2CCNCC2)c1.CN1CCC(n2cc(C(C)(C)C)cn2)CC1.Cn1cc(C(C)(C)C)cn1. The third kappa shape index (κ3) is 23.5. The largest absolute Gasteiger partial charge is 0.369 e. The summed E-state index contributed by atoms with van der Waals surface area (Å²) in [5, 5.41) is 19.9. The van der Waals surface area contributed by atoms with Crippen LogP contribution in [0, 0.1) is 0 Å². The molecule has 11 rings (SSSR count). The molecule has 9 heterocycles. The van der Waals surface area contributed by atoms with Crippen LogP contribution >= 0.6 is 0 Å². The van der Waals surface area contributed by atoms with Crippen molar-refractivity contribution in [2.75, 3.05) is 123 Å². The molecule has 4 aromatic heterocycles. The van der Waals surface area contributed by atoms with Crippen LogP contribution in [-0.2, 0) is 23.3 Å². The summed E-state index contributed by atoms with van der Waals surface area (Å²) < 4.78 is 6.16. The zero-order valence-electron chi connectivity index (χ0n) is 58.8. The standard InChI is InChI=1S/C15H23N.C14H22N2.C13H23N3.C12H21N3.C12H19N3.C8H14N2/c1-12(2)13-4-6-14(7-5-13)15-8-10-16(3)11-9-15;1-12(2)13-4-6-14(7-5-13)16-10-8-15(3)9-11-16;1-13(2,3)11-9-14-16(10-11)12-5-7-15(4)8-6-12;1-12(2,3)10-8-14-15(9-10)11-4-6-13-7-5-11;1-10(2)11-3-4-14-12(9-11)15-7-5-13-6-8-15;1-8(2,3)7-5-9-10(4)6-7/h4-7,12,15H,8-11H2,1-3H3;4-7,12H,8-11H2,1-3H3;9-10,12H,5-8H2,1-4H3;8-9,11,13H,4-7H2,1-3H3;3-4,9-10,13H,5-8H2,1-2H3;5-6H,1-4H3. The molecule has 0 amide bonds. The van der Waals surface area contributed by atoms with E-state index in [0.29, 0.717) is 29.8 Å². The first kappa shape index (κ1) is 71.7. The van der Waals surface area contributed by atoms with E-state index < -0.39 is 0 Å². The summed E-state index contributed by atoms with van der Waals surface area (Å²) in [6, 6.07) is 23.9. The molecule has 0 bridgehead atoms. The number of anilines is 2. The van der Waals surface area contributed by atoms with E-state index in [1.54, 1.807) is 0 Å². The normalized spacial score (nSPS) is 18.1. The minimum absolute atomic E-state index is 0.212. The van der Waals surface area contributed by atoms with E-state index in [-0.39, 0.29) is 16.2 Å². The third-order valence-electron chi connectivity index (χ3n) is 18.3. The molecule has 2 N–H and O–H groups in total. The van der Waals surface area contributed by atoms with Crippen LogP contribution in [0.3, 0.4) is 0 Å². The zero-order valence-corrected chi connectivity index (χ0v) is 58.8. The van der Waals surface area contributed by atoms with Crippen molar-refractivity contribution >= 4 is 11.5 Å². The average molecular weight is 1210 g/mol. The quantitative estimate of drug-likeness (QED) is 0.152. The Balaban J connectivity index is 0.000000169. The average Bonchev–Trinajstić information content (AvgIpc) is 4.42. The maximum absolute atomic E-state index is 4.53. The molecule has 88 heavy (non-hydrogen) atoms. The number of nitrogens with zero attached hydrogens (tertiary/aromatic N) is 12. The molecule has 5 saturated heterocycles. The van der Waals surface area contributed by atoms with Crippen LogP contribution in [0.1, 0.15) is 217 Å². The molecular weight excluding hydrogens is 1080 g/mol. The van der Waals surface area contributed by atoms with Gasteiger partial charge in [-0.25, -0.2) is 4.98 Å². The smallest absolute Gasteiger partial charge is 0.128 e. The molecule has 5 aliphatic heterocycles. The van der Waals surface area contributed by atoms with Crippen molar-refractivity contribution in [2.45, 2.75) is 194 Å². The molecule has 0 spiro atoms. The Kier molecular flexibility index (Phi) is 27.8. The number of benzene rings is 2. The van der Waals surface area contributed by atoms with E-state index in [1.807, 2.05) is 36.5 Å². The van der Waals surface area contributed by atoms with Gasteiger partial charge in [0, 0.05) is 89.9 Å². The minimum atomic E-state index is 0.212. The second-order valence-electron chi connectivity index (χ2n) is 29.9. The van der Waals surface area contributed by atoms with Gasteiger partial charge in [-0.15, -0.1) is 0 Å². The number of hydrogen-bond donors (Lipinski definition) is 2. The Morgan fingerprint density at radius 1 is 0.420 bits per heavy atom. The van der Waals surface area contributed by atoms with Crippen molar-refractivity contribution in [2.24, 2.45) is 7.05 Å². The fourth-order valence-electron chi connectivity index (χ4n) is 11.5. The third-order valence-corrected chi connectivity index (χ3v) is 18.3. The number of hydrogen-bond acceptors (Lipinski definition) is 11. The molecule has 0 aliphatic carbocycles. The first-order valence-electron chi connectivity index (χ1n) is 33.9. The van der Waals surface area contributed by atoms with E-state index >= 15 is 0 Å². The Hall–Kier alpha value is -5.38. The van der Waals surface area contributed by atoms with Crippen molar-refractivity contribution in [3.8, 4) is 0 Å². The molecule has 2 aromatic carbocycles. The van der Waals surface area contributed by atoms with E-state index in [1.165, 1.54) is 122 Å². The topological polar surface area (TPSA) is 107 Å². The van der Waals surface area contributed by atoms with Crippen LogP contribution in [0.5, 0.6) is 0 Å². The van der Waals surface area contributed by atoms with Gasteiger partial charge in [-0.05, 0) is 202 Å². The van der Waals surface area contributed by atoms with Crippen LogP contribution < -0.4 is 20.4 Å². The molecule has 0 saturated carbocycles. The zero-order chi connectivity index (χ0) is 64.2. The van der Waals surface area contributed by atoms with Gasteiger partial charge in [-0.3, -0.25) is 14.0 Å². The number of rotatable bonds is 8. The summed E-state index contributed by atoms with van der Waals surface area (Å²) >= 11 is 0. The maximum atomic E-state index is 4.53.